The van der Waals surface area contributed by atoms with Crippen LogP contribution in [0.15, 0.2) is 47.4 Å². The Morgan fingerprint density at radius 1 is 1.20 bits per heavy atom. The Morgan fingerprint density at radius 2 is 1.95 bits per heavy atom. The number of ether oxygens (including phenoxy) is 1. The molecule has 2 heterocycles. The fourth-order valence-electron chi connectivity index (χ4n) is 3.92. The Labute approximate surface area is 231 Å². The van der Waals surface area contributed by atoms with Crippen molar-refractivity contribution in [2.75, 3.05) is 33.5 Å². The van der Waals surface area contributed by atoms with Gasteiger partial charge >= 0.3 is 6.09 Å². The van der Waals surface area contributed by atoms with Gasteiger partial charge in [-0.1, -0.05) is 19.4 Å². The highest BCUT2D eigenvalue weighted by molar-refractivity contribution is 5.95. The van der Waals surface area contributed by atoms with E-state index in [1.807, 2.05) is 6.92 Å². The number of benzene rings is 1. The third-order valence-electron chi connectivity index (χ3n) is 6.00. The highest BCUT2D eigenvalue weighted by Gasteiger charge is 2.24. The molecule has 11 nitrogen and oxygen atoms in total. The zero-order valence-corrected chi connectivity index (χ0v) is 23.4. The highest BCUT2D eigenvalue weighted by Crippen LogP contribution is 2.20. The van der Waals surface area contributed by atoms with Crippen LogP contribution in [-0.4, -0.2) is 76.5 Å². The van der Waals surface area contributed by atoms with Crippen molar-refractivity contribution in [3.8, 4) is 0 Å². The number of carbonyl (C=O) groups excluding carboxylic acids is 3. The topological polar surface area (TPSA) is 130 Å². The van der Waals surface area contributed by atoms with Gasteiger partial charge in [-0.05, 0) is 49.1 Å². The Morgan fingerprint density at radius 3 is 2.62 bits per heavy atom. The van der Waals surface area contributed by atoms with Crippen molar-refractivity contribution in [2.24, 2.45) is 0 Å². The molecule has 1 aromatic carbocycles. The second-order valence-corrected chi connectivity index (χ2v) is 9.72. The number of aromatic amines is 1. The minimum Gasteiger partial charge on any atom is -0.436 e. The number of halogens is 1. The van der Waals surface area contributed by atoms with Crippen molar-refractivity contribution in [2.45, 2.75) is 45.3 Å². The summed E-state index contributed by atoms with van der Waals surface area (Å²) >= 11 is 0. The standard InChI is InChI=1S/C28H35FN6O5/c1-6-10-18-15-19(29)16-21-25(18)32-23(30-21)17-35-14-9-11-20(27(35)38)31-26(37)22(40-28(39)34(4)5)12-7-8-13-24(36)33(2)3/h8-9,11,13-16,22H,6-7,10,12,17H2,1-5H3,(H,30,32)(H,31,37)/b13-8+/t22-/m0/s1. The molecule has 0 bridgehead atoms. The van der Waals surface area contributed by atoms with E-state index in [1.54, 1.807) is 32.4 Å². The lowest BCUT2D eigenvalue weighted by Gasteiger charge is -2.19. The largest absolute Gasteiger partial charge is 0.436 e. The van der Waals surface area contributed by atoms with Gasteiger partial charge in [-0.2, -0.15) is 0 Å². The first-order valence-corrected chi connectivity index (χ1v) is 12.9. The molecule has 0 fully saturated rings. The smallest absolute Gasteiger partial charge is 0.410 e. The number of hydrogen-bond donors (Lipinski definition) is 2. The number of aryl methyl sites for hydroxylation is 1. The van der Waals surface area contributed by atoms with Crippen molar-refractivity contribution in [3.05, 3.63) is 70.2 Å². The quantitative estimate of drug-likeness (QED) is 0.350. The van der Waals surface area contributed by atoms with Crippen LogP contribution in [0.5, 0.6) is 0 Å². The van der Waals surface area contributed by atoms with Crippen molar-refractivity contribution in [1.29, 1.82) is 0 Å². The number of nitrogens with zero attached hydrogens (tertiary/aromatic N) is 4. The summed E-state index contributed by atoms with van der Waals surface area (Å²) in [5.41, 5.74) is 1.50. The maximum absolute atomic E-state index is 14.0. The number of anilines is 1. The van der Waals surface area contributed by atoms with Gasteiger partial charge in [0.25, 0.3) is 11.5 Å². The Kier molecular flexibility index (Phi) is 10.2. The zero-order chi connectivity index (χ0) is 29.4. The molecule has 0 aliphatic carbocycles. The molecule has 12 heteroatoms. The molecule has 2 aromatic heterocycles. The molecule has 1 atom stereocenters. The fourth-order valence-corrected chi connectivity index (χ4v) is 3.92. The molecule has 0 aliphatic rings. The fraction of sp³-hybridized carbons (Fsp3) is 0.393. The number of fused-ring (bicyclic) bond motifs is 1. The Bertz CT molecular complexity index is 1460. The zero-order valence-electron chi connectivity index (χ0n) is 23.4. The number of amides is 3. The van der Waals surface area contributed by atoms with Crippen LogP contribution < -0.4 is 10.9 Å². The maximum atomic E-state index is 14.0. The van der Waals surface area contributed by atoms with Gasteiger partial charge in [0.15, 0.2) is 6.10 Å². The average Bonchev–Trinajstić information content (AvgIpc) is 3.30. The van der Waals surface area contributed by atoms with Gasteiger partial charge in [-0.25, -0.2) is 14.2 Å². The van der Waals surface area contributed by atoms with Gasteiger partial charge in [-0.3, -0.25) is 14.4 Å². The Hall–Kier alpha value is -4.48. The number of H-pyrrole nitrogens is 1. The summed E-state index contributed by atoms with van der Waals surface area (Å²) in [6, 6.07) is 5.86. The second kappa shape index (κ2) is 13.5. The van der Waals surface area contributed by atoms with Crippen LogP contribution in [0.4, 0.5) is 14.9 Å². The number of pyridine rings is 1. The maximum Gasteiger partial charge on any atom is 0.410 e. The predicted octanol–water partition coefficient (Wildman–Crippen LogP) is 3.29. The molecule has 214 valence electrons. The normalized spacial score (nSPS) is 11.9. The lowest BCUT2D eigenvalue weighted by molar-refractivity contribution is -0.125. The SMILES string of the molecule is CCCc1cc(F)cc2nc(Cn3cccc(NC(=O)[C@H](CC/C=C/C(=O)N(C)C)OC(=O)N(C)C)c3=O)[nH]c12. The van der Waals surface area contributed by atoms with Crippen LogP contribution in [0.2, 0.25) is 0 Å². The average molecular weight is 555 g/mol. The molecule has 0 saturated heterocycles. The van der Waals surface area contributed by atoms with E-state index in [1.165, 1.54) is 52.7 Å². The van der Waals surface area contributed by atoms with Crippen LogP contribution in [0.3, 0.4) is 0 Å². The van der Waals surface area contributed by atoms with Gasteiger partial charge in [0.05, 0.1) is 17.6 Å². The van der Waals surface area contributed by atoms with E-state index < -0.39 is 23.7 Å². The lowest BCUT2D eigenvalue weighted by Crippen LogP contribution is -2.37. The summed E-state index contributed by atoms with van der Waals surface area (Å²) in [6.07, 6.45) is 4.48. The summed E-state index contributed by atoms with van der Waals surface area (Å²) < 4.78 is 20.7. The number of carbonyl (C=O) groups is 3. The number of imidazole rings is 1. The van der Waals surface area contributed by atoms with Crippen molar-refractivity contribution in [3.63, 3.8) is 0 Å². The first kappa shape index (κ1) is 30.1. The molecule has 3 amide bonds. The first-order chi connectivity index (χ1) is 19.0. The third-order valence-corrected chi connectivity index (χ3v) is 6.00. The summed E-state index contributed by atoms with van der Waals surface area (Å²) in [5, 5.41) is 2.56. The molecular weight excluding hydrogens is 519 g/mol. The molecule has 40 heavy (non-hydrogen) atoms. The molecule has 2 N–H and O–H groups in total. The monoisotopic (exact) mass is 554 g/mol. The van der Waals surface area contributed by atoms with Crippen molar-refractivity contribution < 1.29 is 23.5 Å². The van der Waals surface area contributed by atoms with Gasteiger partial charge in [0.1, 0.15) is 17.3 Å². The number of nitrogens with one attached hydrogen (secondary N) is 2. The number of allylic oxidation sites excluding steroid dienone is 1. The first-order valence-electron chi connectivity index (χ1n) is 12.9. The highest BCUT2D eigenvalue weighted by atomic mass is 19.1. The molecule has 0 radical (unpaired) electrons. The van der Waals surface area contributed by atoms with E-state index in [-0.39, 0.29) is 36.8 Å². The van der Waals surface area contributed by atoms with Crippen LogP contribution in [0, 0.1) is 5.82 Å². The third kappa shape index (κ3) is 7.78. The van der Waals surface area contributed by atoms with Crippen LogP contribution in [0.1, 0.15) is 37.6 Å². The molecule has 0 aliphatic heterocycles. The minimum atomic E-state index is -1.20. The molecule has 0 saturated carbocycles. The summed E-state index contributed by atoms with van der Waals surface area (Å²) in [7, 11) is 6.21. The lowest BCUT2D eigenvalue weighted by atomic mass is 10.1. The predicted molar refractivity (Wildman–Crippen MR) is 150 cm³/mol. The van der Waals surface area contributed by atoms with E-state index in [0.29, 0.717) is 17.8 Å². The molecule has 3 rings (SSSR count). The summed E-state index contributed by atoms with van der Waals surface area (Å²) in [4.78, 5) is 60.4. The molecule has 0 unspecified atom stereocenters. The molecule has 3 aromatic rings. The molecule has 0 spiro atoms. The van der Waals surface area contributed by atoms with E-state index in [2.05, 4.69) is 15.3 Å². The minimum absolute atomic E-state index is 0.00874. The van der Waals surface area contributed by atoms with Crippen LogP contribution >= 0.6 is 0 Å². The van der Waals surface area contributed by atoms with Gasteiger partial charge in [0.2, 0.25) is 5.91 Å². The second-order valence-electron chi connectivity index (χ2n) is 9.72. The summed E-state index contributed by atoms with van der Waals surface area (Å²) in [5.74, 6) is -0.811. The number of hydrogen-bond acceptors (Lipinski definition) is 6. The van der Waals surface area contributed by atoms with Crippen LogP contribution in [0.25, 0.3) is 11.0 Å². The number of likely N-dealkylation sites (N-methyl/N-ethyl adjacent to an activating group) is 1. The molecular formula is C28H35FN6O5. The number of aromatic nitrogens is 3. The number of rotatable bonds is 11. The van der Waals surface area contributed by atoms with E-state index in [0.717, 1.165) is 17.5 Å². The summed E-state index contributed by atoms with van der Waals surface area (Å²) in [6.45, 7) is 2.07. The van der Waals surface area contributed by atoms with Crippen LogP contribution in [-0.2, 0) is 27.3 Å². The Balaban J connectivity index is 1.78. The van der Waals surface area contributed by atoms with E-state index >= 15 is 0 Å². The van der Waals surface area contributed by atoms with Gasteiger partial charge in [-0.15, -0.1) is 0 Å². The van der Waals surface area contributed by atoms with E-state index in [4.69, 9.17) is 4.74 Å². The van der Waals surface area contributed by atoms with E-state index in [9.17, 15) is 23.6 Å². The van der Waals surface area contributed by atoms with Gasteiger partial charge < -0.3 is 29.4 Å². The van der Waals surface area contributed by atoms with Crippen molar-refractivity contribution >= 4 is 34.6 Å². The van der Waals surface area contributed by atoms with Crippen molar-refractivity contribution in [1.82, 2.24) is 24.3 Å². The van der Waals surface area contributed by atoms with Gasteiger partial charge in [0, 0.05) is 40.5 Å².